The minimum atomic E-state index is -0.580. The number of carbonyl (C=O) groups is 1. The monoisotopic (exact) mass is 684 g/mol. The third-order valence-corrected chi connectivity index (χ3v) is 6.49. The second-order valence-corrected chi connectivity index (χ2v) is 9.77. The molecule has 0 aliphatic heterocycles. The second-order valence-electron chi connectivity index (χ2n) is 6.52. The number of hydrogen-bond acceptors (Lipinski definition) is 3. The SMILES string of the molecule is Cc1cc([C@H](C#N)c2ccc(Cl)cc2)c(Cl)cc1NC(=O)c1cc(I)cc(I)c1[O-].[Na+]. The zero-order chi connectivity index (χ0) is 22.0. The molecular weight excluding hydrogens is 672 g/mol. The van der Waals surface area contributed by atoms with E-state index >= 15 is 0 Å². The van der Waals surface area contributed by atoms with Crippen molar-refractivity contribution in [3.63, 3.8) is 0 Å². The Kier molecular flexibility index (Phi) is 9.95. The molecule has 0 spiro atoms. The Morgan fingerprint density at radius 1 is 1.13 bits per heavy atom. The van der Waals surface area contributed by atoms with Crippen LogP contribution in [0.3, 0.4) is 0 Å². The van der Waals surface area contributed by atoms with Gasteiger partial charge in [-0.05, 0) is 99.1 Å². The van der Waals surface area contributed by atoms with E-state index < -0.39 is 11.8 Å². The molecule has 0 saturated carbocycles. The van der Waals surface area contributed by atoms with Crippen molar-refractivity contribution in [3.05, 3.63) is 88.0 Å². The van der Waals surface area contributed by atoms with Gasteiger partial charge in [0.15, 0.2) is 0 Å². The Hall–Kier alpha value is -0.540. The number of benzene rings is 3. The summed E-state index contributed by atoms with van der Waals surface area (Å²) in [5, 5.41) is 25.7. The van der Waals surface area contributed by atoms with Crippen LogP contribution >= 0.6 is 68.4 Å². The summed E-state index contributed by atoms with van der Waals surface area (Å²) in [5.41, 5.74) is 2.68. The predicted molar refractivity (Wildman–Crippen MR) is 134 cm³/mol. The van der Waals surface area contributed by atoms with Crippen molar-refractivity contribution in [2.24, 2.45) is 0 Å². The van der Waals surface area contributed by atoms with Crippen LogP contribution in [0.4, 0.5) is 5.69 Å². The molecule has 1 amide bonds. The number of amides is 1. The van der Waals surface area contributed by atoms with Crippen LogP contribution in [0.1, 0.15) is 33.0 Å². The molecule has 0 heterocycles. The number of nitrogens with zero attached hydrogens (tertiary/aromatic N) is 1. The molecule has 3 aromatic carbocycles. The molecule has 0 unspecified atom stereocenters. The molecular formula is C22H13Cl2I2N2NaO2. The van der Waals surface area contributed by atoms with Gasteiger partial charge in [-0.25, -0.2) is 0 Å². The number of hydrogen-bond donors (Lipinski definition) is 1. The van der Waals surface area contributed by atoms with Crippen molar-refractivity contribution >= 4 is 80.0 Å². The smallest absolute Gasteiger partial charge is 0.871 e. The van der Waals surface area contributed by atoms with Crippen molar-refractivity contribution < 1.29 is 39.5 Å². The summed E-state index contributed by atoms with van der Waals surface area (Å²) in [4.78, 5) is 12.7. The summed E-state index contributed by atoms with van der Waals surface area (Å²) < 4.78 is 1.28. The Morgan fingerprint density at radius 2 is 1.77 bits per heavy atom. The molecule has 31 heavy (non-hydrogen) atoms. The van der Waals surface area contributed by atoms with Crippen molar-refractivity contribution in [2.45, 2.75) is 12.8 Å². The van der Waals surface area contributed by atoms with Gasteiger partial charge in [0.25, 0.3) is 5.91 Å². The van der Waals surface area contributed by atoms with Crippen molar-refractivity contribution in [2.75, 3.05) is 5.32 Å². The van der Waals surface area contributed by atoms with Crippen LogP contribution in [0.15, 0.2) is 48.5 Å². The van der Waals surface area contributed by atoms with Gasteiger partial charge in [-0.1, -0.05) is 47.2 Å². The molecule has 1 N–H and O–H groups in total. The van der Waals surface area contributed by atoms with Gasteiger partial charge in [0.2, 0.25) is 0 Å². The van der Waals surface area contributed by atoms with Crippen LogP contribution in [0.5, 0.6) is 5.75 Å². The van der Waals surface area contributed by atoms with Crippen LogP contribution < -0.4 is 40.0 Å². The number of aryl methyl sites for hydroxylation is 1. The third kappa shape index (κ3) is 6.28. The van der Waals surface area contributed by atoms with E-state index in [0.29, 0.717) is 24.9 Å². The van der Waals surface area contributed by atoms with E-state index in [1.165, 1.54) is 0 Å². The van der Waals surface area contributed by atoms with E-state index in [-0.39, 0.29) is 40.9 Å². The average molecular weight is 685 g/mol. The molecule has 0 fully saturated rings. The van der Waals surface area contributed by atoms with Crippen molar-refractivity contribution in [3.8, 4) is 11.8 Å². The first-order chi connectivity index (χ1) is 14.2. The maximum Gasteiger partial charge on any atom is 1.00 e. The van der Waals surface area contributed by atoms with Gasteiger partial charge in [0.05, 0.1) is 12.0 Å². The van der Waals surface area contributed by atoms with Crippen LogP contribution in [-0.2, 0) is 0 Å². The summed E-state index contributed by atoms with van der Waals surface area (Å²) in [5.74, 6) is -1.40. The van der Waals surface area contributed by atoms with Gasteiger partial charge in [-0.2, -0.15) is 5.26 Å². The second kappa shape index (κ2) is 11.5. The number of halogens is 4. The number of nitriles is 1. The fourth-order valence-electron chi connectivity index (χ4n) is 2.96. The molecule has 152 valence electrons. The van der Waals surface area contributed by atoms with Gasteiger partial charge in [-0.15, -0.1) is 0 Å². The summed E-state index contributed by atoms with van der Waals surface area (Å²) >= 11 is 16.4. The van der Waals surface area contributed by atoms with Crippen LogP contribution in [0.25, 0.3) is 0 Å². The Balaban J connectivity index is 0.00000341. The minimum absolute atomic E-state index is 0. The summed E-state index contributed by atoms with van der Waals surface area (Å²) in [6.45, 7) is 1.81. The first kappa shape index (κ1) is 26.7. The molecule has 3 aromatic rings. The topological polar surface area (TPSA) is 76.0 Å². The van der Waals surface area contributed by atoms with E-state index in [1.54, 1.807) is 48.5 Å². The fourth-order valence-corrected chi connectivity index (χ4v) is 5.20. The number of anilines is 1. The first-order valence-electron chi connectivity index (χ1n) is 8.63. The fraction of sp³-hybridized carbons (Fsp3) is 0.0909. The van der Waals surface area contributed by atoms with Gasteiger partial charge in [0, 0.05) is 28.4 Å². The van der Waals surface area contributed by atoms with Crippen LogP contribution in [0.2, 0.25) is 10.0 Å². The summed E-state index contributed by atoms with van der Waals surface area (Å²) in [6, 6.07) is 15.9. The maximum atomic E-state index is 12.7. The Labute approximate surface area is 239 Å². The number of nitrogens with one attached hydrogen (secondary N) is 1. The number of rotatable bonds is 4. The number of carbonyl (C=O) groups excluding carboxylic acids is 1. The van der Waals surface area contributed by atoms with E-state index in [9.17, 15) is 15.2 Å². The largest absolute Gasteiger partial charge is 1.00 e. The molecule has 4 nitrogen and oxygen atoms in total. The van der Waals surface area contributed by atoms with E-state index in [1.807, 2.05) is 29.5 Å². The minimum Gasteiger partial charge on any atom is -0.871 e. The molecule has 0 bridgehead atoms. The van der Waals surface area contributed by atoms with E-state index in [0.717, 1.165) is 14.7 Å². The molecule has 0 aliphatic rings. The van der Waals surface area contributed by atoms with Crippen LogP contribution in [-0.4, -0.2) is 5.91 Å². The summed E-state index contributed by atoms with van der Waals surface area (Å²) in [6.07, 6.45) is 0. The van der Waals surface area contributed by atoms with Crippen molar-refractivity contribution in [1.82, 2.24) is 0 Å². The quantitative estimate of drug-likeness (QED) is 0.338. The standard InChI is InChI=1S/C22H14Cl2I2N2O2.Na/c1-11-6-15(17(10-27)12-2-4-13(23)5-3-12)18(24)9-20(11)28-22(30)16-7-14(25)8-19(26)21(16)29;/h2-9,17,29H,1H3,(H,28,30);/q;+1/p-1/t17-;/m1./s1. The van der Waals surface area contributed by atoms with Crippen molar-refractivity contribution in [1.29, 1.82) is 5.26 Å². The van der Waals surface area contributed by atoms with Gasteiger partial charge in [-0.3, -0.25) is 4.79 Å². The predicted octanol–water partition coefficient (Wildman–Crippen LogP) is 3.50. The van der Waals surface area contributed by atoms with Gasteiger partial charge in [0.1, 0.15) is 0 Å². The third-order valence-electron chi connectivity index (χ3n) is 4.49. The molecule has 3 rings (SSSR count). The molecule has 0 radical (unpaired) electrons. The molecule has 0 saturated heterocycles. The first-order valence-corrected chi connectivity index (χ1v) is 11.5. The Morgan fingerprint density at radius 3 is 2.39 bits per heavy atom. The van der Waals surface area contributed by atoms with Gasteiger partial charge >= 0.3 is 29.6 Å². The zero-order valence-electron chi connectivity index (χ0n) is 16.5. The molecule has 9 heteroatoms. The average Bonchev–Trinajstić information content (AvgIpc) is 2.70. The normalized spacial score (nSPS) is 11.2. The molecule has 1 atom stereocenters. The molecule has 0 aromatic heterocycles. The maximum absolute atomic E-state index is 12.7. The van der Waals surface area contributed by atoms with E-state index in [4.69, 9.17) is 23.2 Å². The zero-order valence-corrected chi connectivity index (χ0v) is 24.3. The van der Waals surface area contributed by atoms with E-state index in [2.05, 4.69) is 34.0 Å². The summed E-state index contributed by atoms with van der Waals surface area (Å²) in [7, 11) is 0. The Bertz CT molecular complexity index is 1180. The van der Waals surface area contributed by atoms with Crippen LogP contribution in [0, 0.1) is 25.4 Å². The molecule has 0 aliphatic carbocycles. The van der Waals surface area contributed by atoms with Gasteiger partial charge < -0.3 is 10.4 Å².